The Morgan fingerprint density at radius 2 is 2.27 bits per heavy atom. The van der Waals surface area contributed by atoms with Gasteiger partial charge in [0.2, 0.25) is 5.91 Å². The van der Waals surface area contributed by atoms with Crippen molar-refractivity contribution in [3.05, 3.63) is 0 Å². The van der Waals surface area contributed by atoms with Crippen molar-refractivity contribution in [2.45, 2.75) is 19.9 Å². The molecule has 0 bridgehead atoms. The third kappa shape index (κ3) is 4.40. The summed E-state index contributed by atoms with van der Waals surface area (Å²) in [6, 6.07) is 0.263. The zero-order valence-corrected chi connectivity index (χ0v) is 7.00. The van der Waals surface area contributed by atoms with Gasteiger partial charge in [0.1, 0.15) is 0 Å². The van der Waals surface area contributed by atoms with Crippen molar-refractivity contribution in [3.63, 3.8) is 0 Å². The molecule has 0 aromatic rings. The van der Waals surface area contributed by atoms with Crippen LogP contribution in [0.4, 0.5) is 0 Å². The minimum Gasteiger partial charge on any atom is -0.369 e. The van der Waals surface area contributed by atoms with Crippen molar-refractivity contribution in [1.29, 1.82) is 0 Å². The van der Waals surface area contributed by atoms with Crippen LogP contribution in [0, 0.1) is 12.3 Å². The maximum Gasteiger partial charge on any atom is 0.231 e. The summed E-state index contributed by atoms with van der Waals surface area (Å²) >= 11 is 0. The highest BCUT2D eigenvalue weighted by molar-refractivity contribution is 5.75. The molecule has 3 heteroatoms. The Hall–Kier alpha value is -1.01. The van der Waals surface area contributed by atoms with Crippen molar-refractivity contribution >= 4 is 5.91 Å². The number of hydrogen-bond donors (Lipinski definition) is 1. The van der Waals surface area contributed by atoms with Crippen molar-refractivity contribution in [2.24, 2.45) is 5.73 Å². The van der Waals surface area contributed by atoms with Gasteiger partial charge in [-0.25, -0.2) is 0 Å². The number of terminal acetylenes is 1. The normalized spacial score (nSPS) is 10.1. The summed E-state index contributed by atoms with van der Waals surface area (Å²) in [6.45, 7) is 4.66. The molecular weight excluding hydrogens is 140 g/mol. The highest BCUT2D eigenvalue weighted by Gasteiger charge is 2.09. The van der Waals surface area contributed by atoms with Gasteiger partial charge in [0.15, 0.2) is 0 Å². The van der Waals surface area contributed by atoms with E-state index in [1.807, 2.05) is 18.7 Å². The predicted octanol–water partition coefficient (Wildman–Crippen LogP) is -0.185. The van der Waals surface area contributed by atoms with Gasteiger partial charge in [0.25, 0.3) is 0 Å². The van der Waals surface area contributed by atoms with Crippen LogP contribution in [0.1, 0.15) is 13.8 Å². The fourth-order valence-electron chi connectivity index (χ4n) is 0.738. The lowest BCUT2D eigenvalue weighted by Crippen LogP contribution is -2.38. The van der Waals surface area contributed by atoms with E-state index in [1.165, 1.54) is 0 Å². The van der Waals surface area contributed by atoms with Crippen LogP contribution in [-0.2, 0) is 4.79 Å². The molecule has 2 N–H and O–H groups in total. The number of nitrogens with zero attached hydrogens (tertiary/aromatic N) is 1. The molecule has 0 rings (SSSR count). The highest BCUT2D eigenvalue weighted by atomic mass is 16.1. The molecular formula is C8H14N2O. The van der Waals surface area contributed by atoms with E-state index in [2.05, 4.69) is 5.92 Å². The summed E-state index contributed by atoms with van der Waals surface area (Å²) in [7, 11) is 0. The van der Waals surface area contributed by atoms with Gasteiger partial charge >= 0.3 is 0 Å². The Labute approximate surface area is 67.6 Å². The fraction of sp³-hybridized carbons (Fsp3) is 0.625. The number of rotatable bonds is 4. The third-order valence-electron chi connectivity index (χ3n) is 1.38. The van der Waals surface area contributed by atoms with Crippen LogP contribution in [0.5, 0.6) is 0 Å². The zero-order chi connectivity index (χ0) is 8.85. The number of amides is 1. The van der Waals surface area contributed by atoms with E-state index in [-0.39, 0.29) is 18.5 Å². The monoisotopic (exact) mass is 154 g/mol. The summed E-state index contributed by atoms with van der Waals surface area (Å²) in [4.78, 5) is 12.3. The maximum absolute atomic E-state index is 10.5. The van der Waals surface area contributed by atoms with Crippen LogP contribution < -0.4 is 5.73 Å². The molecule has 1 amide bonds. The van der Waals surface area contributed by atoms with Crippen molar-refractivity contribution in [3.8, 4) is 12.3 Å². The number of nitrogens with two attached hydrogens (primary N) is 1. The first-order valence-corrected chi connectivity index (χ1v) is 3.53. The summed E-state index contributed by atoms with van der Waals surface area (Å²) in [6.07, 6.45) is 5.10. The number of carbonyl (C=O) groups excluding carboxylic acids is 1. The van der Waals surface area contributed by atoms with E-state index >= 15 is 0 Å². The standard InChI is InChI=1S/C8H14N2O/c1-4-5-10(7(2)3)6-8(9)11/h1,7H,5-6H2,2-3H3,(H2,9,11). The minimum absolute atomic E-state index is 0.238. The molecule has 0 radical (unpaired) electrons. The minimum atomic E-state index is -0.339. The average molecular weight is 154 g/mol. The molecule has 0 saturated carbocycles. The van der Waals surface area contributed by atoms with Gasteiger partial charge in [0, 0.05) is 6.04 Å². The van der Waals surface area contributed by atoms with E-state index in [1.54, 1.807) is 0 Å². The first kappa shape index (κ1) is 9.99. The molecule has 62 valence electrons. The van der Waals surface area contributed by atoms with Crippen LogP contribution in [-0.4, -0.2) is 29.9 Å². The Morgan fingerprint density at radius 3 is 2.55 bits per heavy atom. The Kier molecular flexibility index (Phi) is 4.32. The molecule has 0 aromatic carbocycles. The Balaban J connectivity index is 3.91. The summed E-state index contributed by atoms with van der Waals surface area (Å²) in [5.41, 5.74) is 5.01. The molecule has 0 heterocycles. The van der Waals surface area contributed by atoms with Crippen molar-refractivity contribution in [1.82, 2.24) is 4.90 Å². The lowest BCUT2D eigenvalue weighted by molar-refractivity contribution is -0.119. The summed E-state index contributed by atoms with van der Waals surface area (Å²) in [5.74, 6) is 2.13. The lowest BCUT2D eigenvalue weighted by Gasteiger charge is -2.21. The number of primary amides is 1. The maximum atomic E-state index is 10.5. The quantitative estimate of drug-likeness (QED) is 0.571. The molecule has 0 aliphatic rings. The van der Waals surface area contributed by atoms with E-state index < -0.39 is 0 Å². The van der Waals surface area contributed by atoms with Crippen LogP contribution in [0.15, 0.2) is 0 Å². The van der Waals surface area contributed by atoms with Crippen LogP contribution in [0.3, 0.4) is 0 Å². The van der Waals surface area contributed by atoms with Gasteiger partial charge in [-0.3, -0.25) is 9.69 Å². The van der Waals surface area contributed by atoms with E-state index in [0.29, 0.717) is 6.54 Å². The van der Waals surface area contributed by atoms with Crippen molar-refractivity contribution < 1.29 is 4.79 Å². The Bertz CT molecular complexity index is 169. The summed E-state index contributed by atoms with van der Waals surface area (Å²) in [5, 5.41) is 0. The van der Waals surface area contributed by atoms with Gasteiger partial charge in [-0.15, -0.1) is 6.42 Å². The van der Waals surface area contributed by atoms with E-state index in [9.17, 15) is 4.79 Å². The highest BCUT2D eigenvalue weighted by Crippen LogP contribution is 1.94. The van der Waals surface area contributed by atoms with E-state index in [4.69, 9.17) is 12.2 Å². The third-order valence-corrected chi connectivity index (χ3v) is 1.38. The van der Waals surface area contributed by atoms with Crippen LogP contribution >= 0.6 is 0 Å². The number of carbonyl (C=O) groups is 1. The second-order valence-corrected chi connectivity index (χ2v) is 2.67. The number of hydrogen-bond acceptors (Lipinski definition) is 2. The zero-order valence-electron chi connectivity index (χ0n) is 7.00. The predicted molar refractivity (Wildman–Crippen MR) is 44.7 cm³/mol. The fourth-order valence-corrected chi connectivity index (χ4v) is 0.738. The second kappa shape index (κ2) is 4.75. The summed E-state index contributed by atoms with van der Waals surface area (Å²) < 4.78 is 0. The molecule has 0 aliphatic carbocycles. The molecule has 0 unspecified atom stereocenters. The van der Waals surface area contributed by atoms with Gasteiger partial charge < -0.3 is 5.73 Å². The smallest absolute Gasteiger partial charge is 0.231 e. The molecule has 0 aromatic heterocycles. The van der Waals surface area contributed by atoms with Gasteiger partial charge in [0.05, 0.1) is 13.1 Å². The van der Waals surface area contributed by atoms with E-state index in [0.717, 1.165) is 0 Å². The molecule has 0 aliphatic heterocycles. The SMILES string of the molecule is C#CCN(CC(N)=O)C(C)C. The molecule has 11 heavy (non-hydrogen) atoms. The molecule has 0 spiro atoms. The molecule has 0 atom stereocenters. The molecule has 0 saturated heterocycles. The van der Waals surface area contributed by atoms with Crippen LogP contribution in [0.2, 0.25) is 0 Å². The largest absolute Gasteiger partial charge is 0.369 e. The molecule has 3 nitrogen and oxygen atoms in total. The first-order chi connectivity index (χ1) is 5.07. The lowest BCUT2D eigenvalue weighted by atomic mass is 10.3. The molecule has 0 fully saturated rings. The Morgan fingerprint density at radius 1 is 1.73 bits per heavy atom. The van der Waals surface area contributed by atoms with Gasteiger partial charge in [-0.05, 0) is 13.8 Å². The average Bonchev–Trinajstić information content (AvgIpc) is 1.86. The first-order valence-electron chi connectivity index (χ1n) is 3.53. The topological polar surface area (TPSA) is 46.3 Å². The van der Waals surface area contributed by atoms with Gasteiger partial charge in [-0.2, -0.15) is 0 Å². The van der Waals surface area contributed by atoms with Crippen LogP contribution in [0.25, 0.3) is 0 Å². The van der Waals surface area contributed by atoms with Gasteiger partial charge in [-0.1, -0.05) is 5.92 Å². The second-order valence-electron chi connectivity index (χ2n) is 2.67. The van der Waals surface area contributed by atoms with Crippen molar-refractivity contribution in [2.75, 3.05) is 13.1 Å².